The molecule has 0 unspecified atom stereocenters. The fourth-order valence-corrected chi connectivity index (χ4v) is 2.26. The molecule has 0 aliphatic carbocycles. The fraction of sp³-hybridized carbons (Fsp3) is 0.312. The first-order valence-electron chi connectivity index (χ1n) is 7.62. The Morgan fingerprint density at radius 1 is 1.36 bits per heavy atom. The van der Waals surface area contributed by atoms with Crippen molar-refractivity contribution in [1.29, 1.82) is 0 Å². The van der Waals surface area contributed by atoms with Crippen LogP contribution >= 0.6 is 0 Å². The summed E-state index contributed by atoms with van der Waals surface area (Å²) in [6, 6.07) is 6.22. The van der Waals surface area contributed by atoms with Gasteiger partial charge in [-0.25, -0.2) is 9.48 Å². The standard InChI is InChI=1S/C16H18N4O5/c1-10(2)8-14(16(22)23)17-15(21)13-6-7-19(18-13)11-4-3-5-12(9-11)20(24)25/h3-7,9-10,14H,8H2,1-2H3,(H,17,21)(H,22,23)/t14-/m1/s1. The molecule has 25 heavy (non-hydrogen) atoms. The molecule has 0 saturated heterocycles. The molecule has 9 heteroatoms. The Labute approximate surface area is 143 Å². The number of carbonyl (C=O) groups is 2. The number of rotatable bonds is 7. The van der Waals surface area contributed by atoms with Gasteiger partial charge in [-0.1, -0.05) is 19.9 Å². The summed E-state index contributed by atoms with van der Waals surface area (Å²) in [5.74, 6) is -1.62. The van der Waals surface area contributed by atoms with E-state index in [0.29, 0.717) is 12.1 Å². The van der Waals surface area contributed by atoms with E-state index in [-0.39, 0.29) is 17.3 Å². The molecule has 132 valence electrons. The number of nitro groups is 1. The predicted molar refractivity (Wildman–Crippen MR) is 88.6 cm³/mol. The number of nitrogens with zero attached hydrogens (tertiary/aromatic N) is 3. The number of carboxylic acid groups (broad SMARTS) is 1. The summed E-state index contributed by atoms with van der Waals surface area (Å²) in [6.45, 7) is 3.72. The van der Waals surface area contributed by atoms with Crippen molar-refractivity contribution in [3.8, 4) is 5.69 Å². The number of nitrogens with one attached hydrogen (secondary N) is 1. The molecule has 2 rings (SSSR count). The number of aliphatic carboxylic acids is 1. The zero-order valence-corrected chi connectivity index (χ0v) is 13.7. The molecule has 2 N–H and O–H groups in total. The molecule has 1 atom stereocenters. The van der Waals surface area contributed by atoms with E-state index in [1.54, 1.807) is 6.07 Å². The number of amides is 1. The highest BCUT2D eigenvalue weighted by atomic mass is 16.6. The van der Waals surface area contributed by atoms with E-state index in [1.165, 1.54) is 35.1 Å². The smallest absolute Gasteiger partial charge is 0.326 e. The van der Waals surface area contributed by atoms with Gasteiger partial charge in [-0.2, -0.15) is 5.10 Å². The van der Waals surface area contributed by atoms with Gasteiger partial charge in [0.25, 0.3) is 11.6 Å². The highest BCUT2D eigenvalue weighted by molar-refractivity contribution is 5.94. The number of carboxylic acids is 1. The van der Waals surface area contributed by atoms with E-state index in [1.807, 2.05) is 13.8 Å². The lowest BCUT2D eigenvalue weighted by atomic mass is 10.0. The van der Waals surface area contributed by atoms with Crippen LogP contribution in [0.15, 0.2) is 36.5 Å². The Morgan fingerprint density at radius 2 is 2.08 bits per heavy atom. The third-order valence-electron chi connectivity index (χ3n) is 3.44. The number of non-ortho nitro benzene ring substituents is 1. The summed E-state index contributed by atoms with van der Waals surface area (Å²) in [5.41, 5.74) is 0.355. The van der Waals surface area contributed by atoms with Crippen molar-refractivity contribution in [3.05, 3.63) is 52.3 Å². The molecule has 9 nitrogen and oxygen atoms in total. The summed E-state index contributed by atoms with van der Waals surface area (Å²) < 4.78 is 1.32. The van der Waals surface area contributed by atoms with Gasteiger partial charge in [-0.3, -0.25) is 14.9 Å². The third-order valence-corrected chi connectivity index (χ3v) is 3.44. The second-order valence-electron chi connectivity index (χ2n) is 5.92. The Hall–Kier alpha value is -3.23. The first-order valence-corrected chi connectivity index (χ1v) is 7.62. The minimum atomic E-state index is -1.11. The van der Waals surface area contributed by atoms with Crippen LogP contribution in [0, 0.1) is 16.0 Å². The minimum Gasteiger partial charge on any atom is -0.480 e. The van der Waals surface area contributed by atoms with E-state index in [4.69, 9.17) is 0 Å². The first-order chi connectivity index (χ1) is 11.8. The van der Waals surface area contributed by atoms with Crippen molar-refractivity contribution in [2.24, 2.45) is 5.92 Å². The molecule has 1 aromatic heterocycles. The molecular formula is C16H18N4O5. The highest BCUT2D eigenvalue weighted by Crippen LogP contribution is 2.16. The maximum absolute atomic E-state index is 12.2. The van der Waals surface area contributed by atoms with Gasteiger partial charge in [0, 0.05) is 18.3 Å². The molecule has 0 bridgehead atoms. The number of hydrogen-bond acceptors (Lipinski definition) is 5. The maximum atomic E-state index is 12.2. The molecule has 0 aliphatic rings. The summed E-state index contributed by atoms with van der Waals surface area (Å²) >= 11 is 0. The van der Waals surface area contributed by atoms with Gasteiger partial charge in [-0.15, -0.1) is 0 Å². The second kappa shape index (κ2) is 7.56. The number of hydrogen-bond donors (Lipinski definition) is 2. The van der Waals surface area contributed by atoms with E-state index in [0.717, 1.165) is 0 Å². The zero-order chi connectivity index (χ0) is 18.6. The SMILES string of the molecule is CC(C)C[C@@H](NC(=O)c1ccn(-c2cccc([N+](=O)[O-])c2)n1)C(=O)O. The van der Waals surface area contributed by atoms with E-state index in [9.17, 15) is 24.8 Å². The number of nitro benzene ring substituents is 1. The van der Waals surface area contributed by atoms with Crippen LogP contribution in [0.1, 0.15) is 30.8 Å². The van der Waals surface area contributed by atoms with Crippen molar-refractivity contribution < 1.29 is 19.6 Å². The lowest BCUT2D eigenvalue weighted by Crippen LogP contribution is -2.41. The molecule has 0 saturated carbocycles. The second-order valence-corrected chi connectivity index (χ2v) is 5.92. The van der Waals surface area contributed by atoms with E-state index < -0.39 is 22.8 Å². The van der Waals surface area contributed by atoms with E-state index in [2.05, 4.69) is 10.4 Å². The van der Waals surface area contributed by atoms with Crippen LogP contribution in [-0.2, 0) is 4.79 Å². The topological polar surface area (TPSA) is 127 Å². The number of aromatic nitrogens is 2. The summed E-state index contributed by atoms with van der Waals surface area (Å²) in [7, 11) is 0. The average molecular weight is 346 g/mol. The molecular weight excluding hydrogens is 328 g/mol. The van der Waals surface area contributed by atoms with Crippen LogP contribution < -0.4 is 5.32 Å². The van der Waals surface area contributed by atoms with Gasteiger partial charge in [0.15, 0.2) is 5.69 Å². The van der Waals surface area contributed by atoms with Crippen LogP contribution in [-0.4, -0.2) is 37.7 Å². The van der Waals surface area contributed by atoms with Crippen LogP contribution in [0.3, 0.4) is 0 Å². The molecule has 0 radical (unpaired) electrons. The Morgan fingerprint density at radius 3 is 2.68 bits per heavy atom. The molecule has 0 spiro atoms. The van der Waals surface area contributed by atoms with Crippen molar-refractivity contribution in [2.75, 3.05) is 0 Å². The summed E-state index contributed by atoms with van der Waals surface area (Å²) in [4.78, 5) is 33.7. The number of carbonyl (C=O) groups excluding carboxylic acids is 1. The van der Waals surface area contributed by atoms with Crippen LogP contribution in [0.25, 0.3) is 5.69 Å². The number of benzene rings is 1. The van der Waals surface area contributed by atoms with Crippen molar-refractivity contribution >= 4 is 17.6 Å². The van der Waals surface area contributed by atoms with Gasteiger partial charge in [0.05, 0.1) is 10.6 Å². The summed E-state index contributed by atoms with van der Waals surface area (Å²) in [5, 5.41) is 26.5. The summed E-state index contributed by atoms with van der Waals surface area (Å²) in [6.07, 6.45) is 1.78. The minimum absolute atomic E-state index is 0.0292. The lowest BCUT2D eigenvalue weighted by Gasteiger charge is -2.15. The lowest BCUT2D eigenvalue weighted by molar-refractivity contribution is -0.384. The molecule has 0 aliphatic heterocycles. The van der Waals surface area contributed by atoms with Crippen LogP contribution in [0.5, 0.6) is 0 Å². The molecule has 1 heterocycles. The molecule has 1 aromatic carbocycles. The normalized spacial score (nSPS) is 12.0. The zero-order valence-electron chi connectivity index (χ0n) is 13.7. The van der Waals surface area contributed by atoms with E-state index >= 15 is 0 Å². The van der Waals surface area contributed by atoms with Crippen molar-refractivity contribution in [1.82, 2.24) is 15.1 Å². The average Bonchev–Trinajstić information content (AvgIpc) is 3.04. The van der Waals surface area contributed by atoms with Gasteiger partial charge < -0.3 is 10.4 Å². The molecule has 2 aromatic rings. The largest absolute Gasteiger partial charge is 0.480 e. The maximum Gasteiger partial charge on any atom is 0.326 e. The Bertz CT molecular complexity index is 799. The van der Waals surface area contributed by atoms with Gasteiger partial charge in [0.1, 0.15) is 6.04 Å². The molecule has 0 fully saturated rings. The van der Waals surface area contributed by atoms with Gasteiger partial charge in [0.2, 0.25) is 0 Å². The van der Waals surface area contributed by atoms with Crippen LogP contribution in [0.2, 0.25) is 0 Å². The van der Waals surface area contributed by atoms with Crippen molar-refractivity contribution in [3.63, 3.8) is 0 Å². The van der Waals surface area contributed by atoms with Crippen LogP contribution in [0.4, 0.5) is 5.69 Å². The quantitative estimate of drug-likeness (QED) is 0.583. The van der Waals surface area contributed by atoms with Crippen molar-refractivity contribution in [2.45, 2.75) is 26.3 Å². The molecule has 1 amide bonds. The Kier molecular flexibility index (Phi) is 5.48. The fourth-order valence-electron chi connectivity index (χ4n) is 2.26. The van der Waals surface area contributed by atoms with Gasteiger partial charge >= 0.3 is 5.97 Å². The Balaban J connectivity index is 2.17. The first kappa shape index (κ1) is 18.1. The predicted octanol–water partition coefficient (Wildman–Crippen LogP) is 2.01. The van der Waals surface area contributed by atoms with Gasteiger partial charge in [-0.05, 0) is 24.5 Å². The third kappa shape index (κ3) is 4.63. The monoisotopic (exact) mass is 346 g/mol. The highest BCUT2D eigenvalue weighted by Gasteiger charge is 2.23.